The molecule has 0 aliphatic carbocycles. The second-order valence-corrected chi connectivity index (χ2v) is 5.32. The molecule has 7 heteroatoms. The van der Waals surface area contributed by atoms with Crippen molar-refractivity contribution in [1.82, 2.24) is 10.4 Å². The Morgan fingerprint density at radius 3 is 2.59 bits per heavy atom. The lowest BCUT2D eigenvalue weighted by Crippen LogP contribution is -2.66. The van der Waals surface area contributed by atoms with E-state index in [0.717, 1.165) is 5.56 Å². The van der Waals surface area contributed by atoms with Crippen molar-refractivity contribution < 1.29 is 19.8 Å². The van der Waals surface area contributed by atoms with Gasteiger partial charge in [-0.1, -0.05) is 30.3 Å². The fraction of sp³-hybridized carbons (Fsp3) is 0.533. The van der Waals surface area contributed by atoms with Crippen molar-refractivity contribution in [3.63, 3.8) is 0 Å². The molecule has 1 unspecified atom stereocenters. The van der Waals surface area contributed by atoms with Crippen molar-refractivity contribution in [1.29, 1.82) is 0 Å². The number of aliphatic hydroxyl groups is 2. The van der Waals surface area contributed by atoms with Crippen LogP contribution in [0.5, 0.6) is 0 Å². The van der Waals surface area contributed by atoms with Crippen LogP contribution < -0.4 is 11.1 Å². The van der Waals surface area contributed by atoms with Gasteiger partial charge >= 0.3 is 0 Å². The maximum absolute atomic E-state index is 12.4. The van der Waals surface area contributed by atoms with Gasteiger partial charge < -0.3 is 21.3 Å². The lowest BCUT2D eigenvalue weighted by atomic mass is 9.89. The molecule has 7 nitrogen and oxygen atoms in total. The number of hydrogen-bond donors (Lipinski definition) is 4. The van der Waals surface area contributed by atoms with E-state index in [4.69, 9.17) is 10.6 Å². The first-order chi connectivity index (χ1) is 10.6. The highest BCUT2D eigenvalue weighted by atomic mass is 16.7. The molecular formula is C15H23N3O4. The monoisotopic (exact) mass is 309 g/mol. The number of amides is 1. The number of aliphatic hydroxyl groups excluding tert-OH is 2. The molecule has 0 aromatic heterocycles. The van der Waals surface area contributed by atoms with Gasteiger partial charge in [0, 0.05) is 6.54 Å². The van der Waals surface area contributed by atoms with Crippen molar-refractivity contribution in [2.24, 2.45) is 11.7 Å². The van der Waals surface area contributed by atoms with Gasteiger partial charge in [-0.2, -0.15) is 5.06 Å². The standard InChI is InChI=1S/C15H23N3O4/c1-2-17-14(21)15(16)12(9-19)13(10-20)22-18(15)8-11-6-4-3-5-7-11/h3-7,12-13,19-20H,2,8-10,16H2,1H3,(H,17,21)/t12-,13?,15+/m1/s1. The van der Waals surface area contributed by atoms with Crippen molar-refractivity contribution >= 4 is 5.91 Å². The van der Waals surface area contributed by atoms with Crippen molar-refractivity contribution in [2.45, 2.75) is 25.2 Å². The molecule has 1 aliphatic rings. The number of benzene rings is 1. The van der Waals surface area contributed by atoms with Gasteiger partial charge in [0.25, 0.3) is 5.91 Å². The van der Waals surface area contributed by atoms with E-state index in [-0.39, 0.29) is 19.8 Å². The van der Waals surface area contributed by atoms with Crippen LogP contribution in [0.15, 0.2) is 30.3 Å². The van der Waals surface area contributed by atoms with Gasteiger partial charge in [0.05, 0.1) is 25.7 Å². The second kappa shape index (κ2) is 7.17. The number of carbonyl (C=O) groups is 1. The number of hydroxylamine groups is 2. The lowest BCUT2D eigenvalue weighted by Gasteiger charge is -2.34. The van der Waals surface area contributed by atoms with Crippen LogP contribution in [0.2, 0.25) is 0 Å². The fourth-order valence-corrected chi connectivity index (χ4v) is 2.71. The minimum absolute atomic E-state index is 0.279. The van der Waals surface area contributed by atoms with E-state index in [1.54, 1.807) is 6.92 Å². The molecule has 1 aliphatic heterocycles. The number of nitrogens with two attached hydrogens (primary N) is 1. The third-order valence-corrected chi connectivity index (χ3v) is 3.94. The summed E-state index contributed by atoms with van der Waals surface area (Å²) in [7, 11) is 0. The largest absolute Gasteiger partial charge is 0.396 e. The second-order valence-electron chi connectivity index (χ2n) is 5.32. The summed E-state index contributed by atoms with van der Waals surface area (Å²) in [6.45, 7) is 1.80. The highest BCUT2D eigenvalue weighted by Gasteiger charge is 2.57. The van der Waals surface area contributed by atoms with Crippen molar-refractivity contribution in [3.05, 3.63) is 35.9 Å². The summed E-state index contributed by atoms with van der Waals surface area (Å²) in [5.41, 5.74) is 5.70. The normalized spacial score (nSPS) is 28.7. The Kier molecular flexibility index (Phi) is 5.49. The average Bonchev–Trinajstić information content (AvgIpc) is 2.81. The first-order valence-corrected chi connectivity index (χ1v) is 7.35. The number of carbonyl (C=O) groups excluding carboxylic acids is 1. The van der Waals surface area contributed by atoms with Crippen molar-refractivity contribution in [2.75, 3.05) is 19.8 Å². The molecule has 1 aromatic carbocycles. The van der Waals surface area contributed by atoms with Gasteiger partial charge in [-0.25, -0.2) is 0 Å². The Morgan fingerprint density at radius 1 is 1.36 bits per heavy atom. The maximum Gasteiger partial charge on any atom is 0.257 e. The average molecular weight is 309 g/mol. The van der Waals surface area contributed by atoms with E-state index in [9.17, 15) is 15.0 Å². The van der Waals surface area contributed by atoms with E-state index in [1.807, 2.05) is 30.3 Å². The van der Waals surface area contributed by atoms with Crippen LogP contribution >= 0.6 is 0 Å². The molecule has 122 valence electrons. The highest BCUT2D eigenvalue weighted by molar-refractivity contribution is 5.86. The summed E-state index contributed by atoms with van der Waals surface area (Å²) in [6.07, 6.45) is -0.721. The maximum atomic E-state index is 12.4. The lowest BCUT2D eigenvalue weighted by molar-refractivity contribution is -0.201. The Labute approximate surface area is 129 Å². The van der Waals surface area contributed by atoms with E-state index in [0.29, 0.717) is 6.54 Å². The third-order valence-electron chi connectivity index (χ3n) is 3.94. The molecule has 3 atom stereocenters. The summed E-state index contributed by atoms with van der Waals surface area (Å²) in [5.74, 6) is -1.14. The minimum Gasteiger partial charge on any atom is -0.396 e. The molecule has 1 amide bonds. The highest BCUT2D eigenvalue weighted by Crippen LogP contribution is 2.34. The first kappa shape index (κ1) is 16.9. The van der Waals surface area contributed by atoms with Gasteiger partial charge in [-0.15, -0.1) is 0 Å². The molecule has 0 bridgehead atoms. The number of hydrogen-bond acceptors (Lipinski definition) is 6. The zero-order valence-corrected chi connectivity index (χ0v) is 12.6. The van der Waals surface area contributed by atoms with Crippen LogP contribution in [0.1, 0.15) is 12.5 Å². The van der Waals surface area contributed by atoms with Crippen LogP contribution in [0.4, 0.5) is 0 Å². The molecule has 5 N–H and O–H groups in total. The quantitative estimate of drug-likeness (QED) is 0.548. The molecular weight excluding hydrogens is 286 g/mol. The van der Waals surface area contributed by atoms with E-state index < -0.39 is 23.6 Å². The Bertz CT molecular complexity index is 499. The van der Waals surface area contributed by atoms with Gasteiger partial charge in [0.15, 0.2) is 5.66 Å². The molecule has 1 aromatic rings. The number of rotatable bonds is 6. The van der Waals surface area contributed by atoms with Crippen LogP contribution in [-0.2, 0) is 16.2 Å². The molecule has 1 fully saturated rings. The zero-order valence-electron chi connectivity index (χ0n) is 12.6. The number of nitrogens with zero attached hydrogens (tertiary/aromatic N) is 1. The minimum atomic E-state index is -1.53. The smallest absolute Gasteiger partial charge is 0.257 e. The van der Waals surface area contributed by atoms with Crippen molar-refractivity contribution in [3.8, 4) is 0 Å². The summed E-state index contributed by atoms with van der Waals surface area (Å²) >= 11 is 0. The number of likely N-dealkylation sites (N-methyl/N-ethyl adjacent to an activating group) is 1. The summed E-state index contributed by atoms with van der Waals surface area (Å²) in [6, 6.07) is 9.43. The van der Waals surface area contributed by atoms with Crippen LogP contribution in [0.25, 0.3) is 0 Å². The topological polar surface area (TPSA) is 108 Å². The van der Waals surface area contributed by atoms with Crippen LogP contribution in [0.3, 0.4) is 0 Å². The summed E-state index contributed by atoms with van der Waals surface area (Å²) in [5, 5.41) is 23.1. The fourth-order valence-electron chi connectivity index (χ4n) is 2.71. The van der Waals surface area contributed by atoms with Gasteiger partial charge in [0.2, 0.25) is 0 Å². The Hall–Kier alpha value is -1.51. The first-order valence-electron chi connectivity index (χ1n) is 7.35. The molecule has 1 heterocycles. The molecule has 0 saturated carbocycles. The van der Waals surface area contributed by atoms with Crippen LogP contribution in [0, 0.1) is 5.92 Å². The predicted octanol–water partition coefficient (Wildman–Crippen LogP) is -0.806. The molecule has 0 spiro atoms. The number of nitrogens with one attached hydrogen (secondary N) is 1. The van der Waals surface area contributed by atoms with Gasteiger partial charge in [-0.05, 0) is 12.5 Å². The van der Waals surface area contributed by atoms with Gasteiger partial charge in [0.1, 0.15) is 6.10 Å². The van der Waals surface area contributed by atoms with E-state index in [2.05, 4.69) is 5.32 Å². The Morgan fingerprint density at radius 2 is 2.05 bits per heavy atom. The SMILES string of the molecule is CCNC(=O)[C@]1(N)[C@H](CO)C(CO)ON1Cc1ccccc1. The molecule has 1 saturated heterocycles. The predicted molar refractivity (Wildman–Crippen MR) is 80.1 cm³/mol. The van der Waals surface area contributed by atoms with E-state index >= 15 is 0 Å². The zero-order chi connectivity index (χ0) is 16.2. The summed E-state index contributed by atoms with van der Waals surface area (Å²) in [4.78, 5) is 18.1. The Balaban J connectivity index is 2.30. The molecule has 22 heavy (non-hydrogen) atoms. The third kappa shape index (κ3) is 2.99. The molecule has 0 radical (unpaired) electrons. The molecule has 2 rings (SSSR count). The van der Waals surface area contributed by atoms with E-state index in [1.165, 1.54) is 5.06 Å². The van der Waals surface area contributed by atoms with Gasteiger partial charge in [-0.3, -0.25) is 9.63 Å². The van der Waals surface area contributed by atoms with Crippen LogP contribution in [-0.4, -0.2) is 52.7 Å². The summed E-state index contributed by atoms with van der Waals surface area (Å²) < 4.78 is 0.